The van der Waals surface area contributed by atoms with Gasteiger partial charge in [-0.1, -0.05) is 13.3 Å². The Morgan fingerprint density at radius 1 is 1.16 bits per heavy atom. The zero-order chi connectivity index (χ0) is 13.5. The second-order valence-electron chi connectivity index (χ2n) is 5.47. The Balaban J connectivity index is 1.63. The highest BCUT2D eigenvalue weighted by Crippen LogP contribution is 2.27. The number of piperidine rings is 1. The van der Waals surface area contributed by atoms with Gasteiger partial charge in [0.1, 0.15) is 5.75 Å². The summed E-state index contributed by atoms with van der Waals surface area (Å²) < 4.78 is 0. The predicted octanol–water partition coefficient (Wildman–Crippen LogP) is 4.14. The van der Waals surface area contributed by atoms with Gasteiger partial charge in [-0.2, -0.15) is 0 Å². The summed E-state index contributed by atoms with van der Waals surface area (Å²) in [6.07, 6.45) is 6.76. The van der Waals surface area contributed by atoms with E-state index in [4.69, 9.17) is 0 Å². The molecule has 0 radical (unpaired) electrons. The smallest absolute Gasteiger partial charge is 0.115 e. The minimum atomic E-state index is 0.349. The summed E-state index contributed by atoms with van der Waals surface area (Å²) >= 11 is 1.91. The summed E-state index contributed by atoms with van der Waals surface area (Å²) in [6, 6.07) is 7.54. The maximum absolute atomic E-state index is 9.26. The Labute approximate surface area is 121 Å². The van der Waals surface area contributed by atoms with Crippen molar-refractivity contribution in [2.24, 2.45) is 0 Å². The number of likely N-dealkylation sites (tertiary alicyclic amines) is 1. The van der Waals surface area contributed by atoms with E-state index < -0.39 is 0 Å². The monoisotopic (exact) mass is 279 g/mol. The van der Waals surface area contributed by atoms with Gasteiger partial charge in [0.05, 0.1) is 0 Å². The van der Waals surface area contributed by atoms with Gasteiger partial charge in [0, 0.05) is 10.1 Å². The zero-order valence-electron chi connectivity index (χ0n) is 11.8. The Kier molecular flexibility index (Phi) is 6.05. The van der Waals surface area contributed by atoms with E-state index in [2.05, 4.69) is 11.8 Å². The van der Waals surface area contributed by atoms with Crippen LogP contribution in [0.15, 0.2) is 29.2 Å². The Morgan fingerprint density at radius 3 is 2.53 bits per heavy atom. The van der Waals surface area contributed by atoms with E-state index in [0.29, 0.717) is 11.0 Å². The SMILES string of the molecule is CC(CCCN1CCCCC1)Sc1ccc(O)cc1. The van der Waals surface area contributed by atoms with Crippen molar-refractivity contribution in [3.8, 4) is 5.75 Å². The lowest BCUT2D eigenvalue weighted by Gasteiger charge is -2.26. The molecule has 1 N–H and O–H groups in total. The molecule has 1 aromatic carbocycles. The van der Waals surface area contributed by atoms with Crippen LogP contribution >= 0.6 is 11.8 Å². The van der Waals surface area contributed by atoms with Gasteiger partial charge in [-0.25, -0.2) is 0 Å². The first-order valence-electron chi connectivity index (χ1n) is 7.42. The first-order chi connectivity index (χ1) is 9.24. The summed E-state index contributed by atoms with van der Waals surface area (Å²) in [6.45, 7) is 6.17. The van der Waals surface area contributed by atoms with Crippen LogP contribution < -0.4 is 0 Å². The summed E-state index contributed by atoms with van der Waals surface area (Å²) in [4.78, 5) is 3.87. The largest absolute Gasteiger partial charge is 0.508 e. The number of rotatable bonds is 6. The van der Waals surface area contributed by atoms with Crippen LogP contribution in [0.25, 0.3) is 0 Å². The van der Waals surface area contributed by atoms with Crippen molar-refractivity contribution >= 4 is 11.8 Å². The molecule has 0 spiro atoms. The van der Waals surface area contributed by atoms with Crippen LogP contribution in [0.2, 0.25) is 0 Å². The number of thioether (sulfide) groups is 1. The van der Waals surface area contributed by atoms with E-state index in [-0.39, 0.29) is 0 Å². The second-order valence-corrected chi connectivity index (χ2v) is 6.98. The van der Waals surface area contributed by atoms with Gasteiger partial charge in [0.2, 0.25) is 0 Å². The molecule has 1 aromatic rings. The second kappa shape index (κ2) is 7.81. The molecule has 1 atom stereocenters. The molecule has 1 saturated heterocycles. The Hall–Kier alpha value is -0.670. The molecule has 1 heterocycles. The van der Waals surface area contributed by atoms with Gasteiger partial charge in [-0.15, -0.1) is 11.8 Å². The molecule has 0 bridgehead atoms. The van der Waals surface area contributed by atoms with Gasteiger partial charge in [-0.05, 0) is 69.6 Å². The molecule has 106 valence electrons. The molecule has 1 aliphatic rings. The quantitative estimate of drug-likeness (QED) is 0.792. The third kappa shape index (κ3) is 5.45. The Morgan fingerprint density at radius 2 is 1.84 bits per heavy atom. The van der Waals surface area contributed by atoms with Crippen LogP contribution in [0.4, 0.5) is 0 Å². The van der Waals surface area contributed by atoms with Gasteiger partial charge in [0.15, 0.2) is 0 Å². The fourth-order valence-corrected chi connectivity index (χ4v) is 3.64. The van der Waals surface area contributed by atoms with E-state index in [0.717, 1.165) is 0 Å². The summed E-state index contributed by atoms with van der Waals surface area (Å²) in [5.74, 6) is 0.349. The lowest BCUT2D eigenvalue weighted by Crippen LogP contribution is -2.30. The highest BCUT2D eigenvalue weighted by molar-refractivity contribution is 7.99. The molecule has 3 heteroatoms. The number of benzene rings is 1. The lowest BCUT2D eigenvalue weighted by molar-refractivity contribution is 0.225. The molecule has 2 nitrogen and oxygen atoms in total. The Bertz CT molecular complexity index is 360. The van der Waals surface area contributed by atoms with E-state index in [1.807, 2.05) is 23.9 Å². The van der Waals surface area contributed by atoms with Gasteiger partial charge in [0.25, 0.3) is 0 Å². The number of hydrogen-bond acceptors (Lipinski definition) is 3. The molecule has 0 aromatic heterocycles. The molecule has 0 amide bonds. The standard InChI is InChI=1S/C16H25NOS/c1-14(19-16-9-7-15(18)8-10-16)6-5-13-17-11-3-2-4-12-17/h7-10,14,18H,2-6,11-13H2,1H3. The highest BCUT2D eigenvalue weighted by Gasteiger charge is 2.10. The van der Waals surface area contributed by atoms with Crippen LogP contribution in [0.1, 0.15) is 39.0 Å². The summed E-state index contributed by atoms with van der Waals surface area (Å²) in [5, 5.41) is 9.91. The first-order valence-corrected chi connectivity index (χ1v) is 8.30. The van der Waals surface area contributed by atoms with Crippen LogP contribution in [0.5, 0.6) is 5.75 Å². The van der Waals surface area contributed by atoms with Crippen LogP contribution in [0.3, 0.4) is 0 Å². The van der Waals surface area contributed by atoms with Gasteiger partial charge >= 0.3 is 0 Å². The topological polar surface area (TPSA) is 23.5 Å². The highest BCUT2D eigenvalue weighted by atomic mass is 32.2. The molecule has 2 rings (SSSR count). The number of nitrogens with zero attached hydrogens (tertiary/aromatic N) is 1. The van der Waals surface area contributed by atoms with Crippen molar-refractivity contribution in [1.82, 2.24) is 4.90 Å². The van der Waals surface area contributed by atoms with Crippen molar-refractivity contribution in [2.75, 3.05) is 19.6 Å². The maximum Gasteiger partial charge on any atom is 0.115 e. The maximum atomic E-state index is 9.26. The molecule has 1 unspecified atom stereocenters. The summed E-state index contributed by atoms with van der Waals surface area (Å²) in [7, 11) is 0. The van der Waals surface area contributed by atoms with Gasteiger partial charge < -0.3 is 10.0 Å². The average Bonchev–Trinajstić information content (AvgIpc) is 2.43. The fraction of sp³-hybridized carbons (Fsp3) is 0.625. The third-order valence-corrected chi connectivity index (χ3v) is 4.89. The predicted molar refractivity (Wildman–Crippen MR) is 83.0 cm³/mol. The van der Waals surface area contributed by atoms with E-state index in [9.17, 15) is 5.11 Å². The van der Waals surface area contributed by atoms with Crippen molar-refractivity contribution in [1.29, 1.82) is 0 Å². The molecule has 0 saturated carbocycles. The number of phenolic OH excluding ortho intramolecular Hbond substituents is 1. The first kappa shape index (κ1) is 14.7. The van der Waals surface area contributed by atoms with Crippen LogP contribution in [-0.2, 0) is 0 Å². The average molecular weight is 279 g/mol. The molecular formula is C16H25NOS. The van der Waals surface area contributed by atoms with E-state index >= 15 is 0 Å². The molecular weight excluding hydrogens is 254 g/mol. The van der Waals surface area contributed by atoms with Crippen LogP contribution in [-0.4, -0.2) is 34.9 Å². The zero-order valence-corrected chi connectivity index (χ0v) is 12.7. The molecule has 1 aliphatic heterocycles. The van der Waals surface area contributed by atoms with Crippen molar-refractivity contribution in [2.45, 2.75) is 49.2 Å². The lowest BCUT2D eigenvalue weighted by atomic mass is 10.1. The van der Waals surface area contributed by atoms with E-state index in [1.165, 1.54) is 56.6 Å². The normalized spacial score (nSPS) is 18.4. The molecule has 1 fully saturated rings. The number of phenols is 1. The van der Waals surface area contributed by atoms with E-state index in [1.54, 1.807) is 12.1 Å². The third-order valence-electron chi connectivity index (χ3n) is 3.71. The number of hydrogen-bond donors (Lipinski definition) is 1. The van der Waals surface area contributed by atoms with Gasteiger partial charge in [-0.3, -0.25) is 0 Å². The minimum Gasteiger partial charge on any atom is -0.508 e. The minimum absolute atomic E-state index is 0.349. The number of aromatic hydroxyl groups is 1. The van der Waals surface area contributed by atoms with Crippen molar-refractivity contribution in [3.63, 3.8) is 0 Å². The van der Waals surface area contributed by atoms with Crippen molar-refractivity contribution in [3.05, 3.63) is 24.3 Å². The molecule has 0 aliphatic carbocycles. The van der Waals surface area contributed by atoms with Crippen LogP contribution in [0, 0.1) is 0 Å². The fourth-order valence-electron chi connectivity index (χ4n) is 2.60. The molecule has 19 heavy (non-hydrogen) atoms. The summed E-state index contributed by atoms with van der Waals surface area (Å²) in [5.41, 5.74) is 0. The van der Waals surface area contributed by atoms with Crippen molar-refractivity contribution < 1.29 is 5.11 Å².